The number of benzene rings is 1. The summed E-state index contributed by atoms with van der Waals surface area (Å²) in [6, 6.07) is 8.91. The van der Waals surface area contributed by atoms with Gasteiger partial charge in [0.25, 0.3) is 0 Å². The first-order valence-corrected chi connectivity index (χ1v) is 6.79. The Balaban J connectivity index is 1.68. The maximum absolute atomic E-state index is 11.8. The molecule has 3 nitrogen and oxygen atoms in total. The zero-order chi connectivity index (χ0) is 12.7. The van der Waals surface area contributed by atoms with Gasteiger partial charge >= 0.3 is 0 Å². The zero-order valence-electron chi connectivity index (χ0n) is 10.7. The molecule has 4 unspecified atom stereocenters. The number of nitrogens with one attached hydrogen (secondary N) is 1. The van der Waals surface area contributed by atoms with Crippen LogP contribution >= 0.6 is 0 Å². The molecule has 3 rings (SSSR count). The number of hydrogen-bond donors (Lipinski definition) is 2. The largest absolute Gasteiger partial charge is 0.352 e. The first-order chi connectivity index (χ1) is 8.66. The topological polar surface area (TPSA) is 55.1 Å². The molecule has 2 aliphatic carbocycles. The standard InChI is InChI=1S/C15H20N2O/c1-9(16)8-13(18)17-15-12-7-6-10-4-2-3-5-11(10)14(12)15/h2-5,9,12,14-15H,6-8,16H2,1H3,(H,17,18). The van der Waals surface area contributed by atoms with Crippen LogP contribution in [-0.4, -0.2) is 18.0 Å². The van der Waals surface area contributed by atoms with Gasteiger partial charge in [-0.15, -0.1) is 0 Å². The molecule has 4 atom stereocenters. The quantitative estimate of drug-likeness (QED) is 0.848. The predicted octanol–water partition coefficient (Wildman–Crippen LogP) is 1.57. The van der Waals surface area contributed by atoms with Crippen molar-refractivity contribution in [2.45, 2.75) is 44.2 Å². The van der Waals surface area contributed by atoms with Crippen molar-refractivity contribution in [3.05, 3.63) is 35.4 Å². The first kappa shape index (κ1) is 11.7. The van der Waals surface area contributed by atoms with Crippen molar-refractivity contribution < 1.29 is 4.79 Å². The van der Waals surface area contributed by atoms with Crippen molar-refractivity contribution in [3.8, 4) is 0 Å². The van der Waals surface area contributed by atoms with Crippen molar-refractivity contribution in [1.29, 1.82) is 0 Å². The van der Waals surface area contributed by atoms with Crippen LogP contribution in [-0.2, 0) is 11.2 Å². The predicted molar refractivity (Wildman–Crippen MR) is 71.2 cm³/mol. The van der Waals surface area contributed by atoms with Gasteiger partial charge < -0.3 is 11.1 Å². The molecule has 18 heavy (non-hydrogen) atoms. The van der Waals surface area contributed by atoms with Gasteiger partial charge in [-0.05, 0) is 36.8 Å². The summed E-state index contributed by atoms with van der Waals surface area (Å²) < 4.78 is 0. The SMILES string of the molecule is CC(N)CC(=O)NC1C2CCc3ccccc3C21. The van der Waals surface area contributed by atoms with Crippen LogP contribution < -0.4 is 11.1 Å². The first-order valence-electron chi connectivity index (χ1n) is 6.79. The molecule has 0 radical (unpaired) electrons. The van der Waals surface area contributed by atoms with E-state index in [0.717, 1.165) is 6.42 Å². The van der Waals surface area contributed by atoms with Gasteiger partial charge in [0.1, 0.15) is 0 Å². The Bertz CT molecular complexity index is 469. The molecular formula is C15H20N2O. The molecule has 1 saturated carbocycles. The number of carbonyl (C=O) groups excluding carboxylic acids is 1. The van der Waals surface area contributed by atoms with E-state index in [1.54, 1.807) is 0 Å². The number of carbonyl (C=O) groups is 1. The van der Waals surface area contributed by atoms with Gasteiger partial charge in [0, 0.05) is 24.4 Å². The fourth-order valence-corrected chi connectivity index (χ4v) is 3.30. The summed E-state index contributed by atoms with van der Waals surface area (Å²) in [6.07, 6.45) is 2.78. The molecule has 0 spiro atoms. The molecule has 1 fully saturated rings. The average molecular weight is 244 g/mol. The van der Waals surface area contributed by atoms with E-state index in [9.17, 15) is 4.79 Å². The lowest BCUT2D eigenvalue weighted by Gasteiger charge is -2.13. The second kappa shape index (κ2) is 4.39. The molecule has 0 bridgehead atoms. The minimum atomic E-state index is -0.0573. The molecule has 0 aromatic heterocycles. The van der Waals surface area contributed by atoms with Crippen LogP contribution in [0, 0.1) is 5.92 Å². The Morgan fingerprint density at radius 3 is 3.06 bits per heavy atom. The molecular weight excluding hydrogens is 224 g/mol. The molecule has 1 aromatic carbocycles. The minimum absolute atomic E-state index is 0.0573. The summed E-state index contributed by atoms with van der Waals surface area (Å²) in [7, 11) is 0. The second-order valence-corrected chi connectivity index (χ2v) is 5.70. The van der Waals surface area contributed by atoms with Crippen LogP contribution in [0.25, 0.3) is 0 Å². The van der Waals surface area contributed by atoms with Crippen molar-refractivity contribution in [3.63, 3.8) is 0 Å². The Kier molecular flexibility index (Phi) is 2.86. The fourth-order valence-electron chi connectivity index (χ4n) is 3.30. The van der Waals surface area contributed by atoms with Crippen molar-refractivity contribution in [2.75, 3.05) is 0 Å². The third-order valence-corrected chi connectivity index (χ3v) is 4.16. The Labute approximate surface area is 108 Å². The summed E-state index contributed by atoms with van der Waals surface area (Å²) in [5.41, 5.74) is 8.56. The van der Waals surface area contributed by atoms with Gasteiger partial charge in [-0.1, -0.05) is 24.3 Å². The van der Waals surface area contributed by atoms with Gasteiger partial charge in [-0.25, -0.2) is 0 Å². The molecule has 3 N–H and O–H groups in total. The number of aryl methyl sites for hydroxylation is 1. The molecule has 0 heterocycles. The van der Waals surface area contributed by atoms with E-state index in [1.165, 1.54) is 17.5 Å². The highest BCUT2D eigenvalue weighted by Crippen LogP contribution is 2.54. The normalized spacial score (nSPS) is 30.0. The molecule has 0 aliphatic heterocycles. The lowest BCUT2D eigenvalue weighted by Crippen LogP contribution is -2.32. The summed E-state index contributed by atoms with van der Waals surface area (Å²) in [5, 5.41) is 3.15. The highest BCUT2D eigenvalue weighted by molar-refractivity contribution is 5.77. The number of amides is 1. The van der Waals surface area contributed by atoms with Crippen LogP contribution in [0.15, 0.2) is 24.3 Å². The average Bonchev–Trinajstić information content (AvgIpc) is 3.02. The number of rotatable bonds is 3. The summed E-state index contributed by atoms with van der Waals surface area (Å²) in [5.74, 6) is 1.30. The van der Waals surface area contributed by atoms with Crippen LogP contribution in [0.4, 0.5) is 0 Å². The Hall–Kier alpha value is -1.35. The van der Waals surface area contributed by atoms with E-state index in [4.69, 9.17) is 5.73 Å². The van der Waals surface area contributed by atoms with Crippen LogP contribution in [0.3, 0.4) is 0 Å². The van der Waals surface area contributed by atoms with Gasteiger partial charge in [0.15, 0.2) is 0 Å². The molecule has 0 saturated heterocycles. The number of hydrogen-bond acceptors (Lipinski definition) is 2. The van der Waals surface area contributed by atoms with E-state index in [2.05, 4.69) is 29.6 Å². The minimum Gasteiger partial charge on any atom is -0.352 e. The van der Waals surface area contributed by atoms with E-state index in [1.807, 2.05) is 6.92 Å². The second-order valence-electron chi connectivity index (χ2n) is 5.70. The lowest BCUT2D eigenvalue weighted by atomic mass is 9.92. The van der Waals surface area contributed by atoms with E-state index < -0.39 is 0 Å². The van der Waals surface area contributed by atoms with Crippen LogP contribution in [0.1, 0.15) is 36.8 Å². The van der Waals surface area contributed by atoms with Gasteiger partial charge in [-0.3, -0.25) is 4.79 Å². The van der Waals surface area contributed by atoms with Gasteiger partial charge in [0.2, 0.25) is 5.91 Å². The van der Waals surface area contributed by atoms with Crippen LogP contribution in [0.2, 0.25) is 0 Å². The Morgan fingerprint density at radius 2 is 2.28 bits per heavy atom. The maximum Gasteiger partial charge on any atom is 0.221 e. The summed E-state index contributed by atoms with van der Waals surface area (Å²) in [4.78, 5) is 11.8. The smallest absolute Gasteiger partial charge is 0.221 e. The van der Waals surface area contributed by atoms with Crippen molar-refractivity contribution >= 4 is 5.91 Å². The highest BCUT2D eigenvalue weighted by atomic mass is 16.1. The number of fused-ring (bicyclic) bond motifs is 3. The lowest BCUT2D eigenvalue weighted by molar-refractivity contribution is -0.121. The molecule has 1 aromatic rings. The summed E-state index contributed by atoms with van der Waals surface area (Å²) >= 11 is 0. The maximum atomic E-state index is 11.8. The highest BCUT2D eigenvalue weighted by Gasteiger charge is 2.53. The van der Waals surface area contributed by atoms with Gasteiger partial charge in [-0.2, -0.15) is 0 Å². The zero-order valence-corrected chi connectivity index (χ0v) is 10.7. The fraction of sp³-hybridized carbons (Fsp3) is 0.533. The molecule has 2 aliphatic rings. The van der Waals surface area contributed by atoms with E-state index in [0.29, 0.717) is 24.3 Å². The third kappa shape index (κ3) is 2.03. The third-order valence-electron chi connectivity index (χ3n) is 4.16. The van der Waals surface area contributed by atoms with Crippen molar-refractivity contribution in [1.82, 2.24) is 5.32 Å². The number of nitrogens with two attached hydrogens (primary N) is 1. The molecule has 1 amide bonds. The molecule has 3 heteroatoms. The monoisotopic (exact) mass is 244 g/mol. The van der Waals surface area contributed by atoms with Crippen LogP contribution in [0.5, 0.6) is 0 Å². The Morgan fingerprint density at radius 1 is 1.50 bits per heavy atom. The van der Waals surface area contributed by atoms with Gasteiger partial charge in [0.05, 0.1) is 0 Å². The summed E-state index contributed by atoms with van der Waals surface area (Å²) in [6.45, 7) is 1.87. The van der Waals surface area contributed by atoms with E-state index in [-0.39, 0.29) is 11.9 Å². The van der Waals surface area contributed by atoms with Crippen molar-refractivity contribution in [2.24, 2.45) is 11.7 Å². The van der Waals surface area contributed by atoms with E-state index >= 15 is 0 Å². The molecule has 96 valence electrons.